The van der Waals surface area contributed by atoms with Gasteiger partial charge in [-0.25, -0.2) is 8.42 Å². The van der Waals surface area contributed by atoms with Crippen LogP contribution in [0.15, 0.2) is 29.2 Å². The summed E-state index contributed by atoms with van der Waals surface area (Å²) < 4.78 is 32.9. The van der Waals surface area contributed by atoms with Crippen LogP contribution >= 0.6 is 0 Å². The molecule has 0 spiro atoms. The van der Waals surface area contributed by atoms with Gasteiger partial charge in [0.15, 0.2) is 5.78 Å². The summed E-state index contributed by atoms with van der Waals surface area (Å²) in [5.41, 5.74) is 0.494. The summed E-state index contributed by atoms with van der Waals surface area (Å²) in [7, 11) is -3.62. The number of morpholine rings is 1. The molecule has 8 nitrogen and oxygen atoms in total. The summed E-state index contributed by atoms with van der Waals surface area (Å²) in [6.45, 7) is 8.61. The zero-order valence-electron chi connectivity index (χ0n) is 20.2. The van der Waals surface area contributed by atoms with Crippen LogP contribution in [0.25, 0.3) is 0 Å². The molecule has 4 rings (SSSR count). The van der Waals surface area contributed by atoms with Crippen molar-refractivity contribution in [2.75, 3.05) is 59.0 Å². The van der Waals surface area contributed by atoms with Crippen LogP contribution in [-0.4, -0.2) is 93.2 Å². The Morgan fingerprint density at radius 2 is 1.53 bits per heavy atom. The van der Waals surface area contributed by atoms with Gasteiger partial charge in [-0.3, -0.25) is 14.5 Å². The van der Waals surface area contributed by atoms with E-state index in [4.69, 9.17) is 4.74 Å². The largest absolute Gasteiger partial charge is 0.379 e. The summed E-state index contributed by atoms with van der Waals surface area (Å²) in [4.78, 5) is 29.2. The SMILES string of the molecule is CC(=O)c1ccc(S(=O)(=O)N2CCC(C(=O)N3CCC(CCN4CCOCC4)CC3)CC2)cc1. The standard InChI is InChI=1S/C25H37N3O5S/c1-20(29)22-2-4-24(5-3-22)34(31,32)28-14-9-23(10-15-28)25(30)27-12-7-21(8-13-27)6-11-26-16-18-33-19-17-26/h2-5,21,23H,6-19H2,1H3. The zero-order valence-corrected chi connectivity index (χ0v) is 21.0. The molecule has 0 saturated carbocycles. The smallest absolute Gasteiger partial charge is 0.243 e. The molecule has 9 heteroatoms. The Morgan fingerprint density at radius 1 is 0.912 bits per heavy atom. The van der Waals surface area contributed by atoms with Crippen LogP contribution in [-0.2, 0) is 19.6 Å². The maximum absolute atomic E-state index is 13.1. The predicted octanol–water partition coefficient (Wildman–Crippen LogP) is 2.25. The highest BCUT2D eigenvalue weighted by Gasteiger charge is 2.35. The molecule has 1 aromatic carbocycles. The van der Waals surface area contributed by atoms with Crippen LogP contribution in [0.4, 0.5) is 0 Å². The second kappa shape index (κ2) is 11.3. The average molecular weight is 492 g/mol. The van der Waals surface area contributed by atoms with Gasteiger partial charge in [0.25, 0.3) is 0 Å². The van der Waals surface area contributed by atoms with E-state index in [1.807, 2.05) is 4.90 Å². The van der Waals surface area contributed by atoms with Gasteiger partial charge in [0.05, 0.1) is 18.1 Å². The lowest BCUT2D eigenvalue weighted by Gasteiger charge is -2.37. The molecule has 0 N–H and O–H groups in total. The third-order valence-corrected chi connectivity index (χ3v) is 9.50. The molecular weight excluding hydrogens is 454 g/mol. The van der Waals surface area contributed by atoms with Gasteiger partial charge in [-0.2, -0.15) is 4.31 Å². The third-order valence-electron chi connectivity index (χ3n) is 7.59. The Hall–Kier alpha value is -1.81. The van der Waals surface area contributed by atoms with E-state index in [9.17, 15) is 18.0 Å². The Morgan fingerprint density at radius 3 is 2.12 bits per heavy atom. The number of carbonyl (C=O) groups is 2. The number of hydrogen-bond acceptors (Lipinski definition) is 6. The molecule has 3 heterocycles. The van der Waals surface area contributed by atoms with Crippen molar-refractivity contribution < 1.29 is 22.7 Å². The predicted molar refractivity (Wildman–Crippen MR) is 129 cm³/mol. The summed E-state index contributed by atoms with van der Waals surface area (Å²) in [6.07, 6.45) is 4.41. The van der Waals surface area contributed by atoms with Crippen molar-refractivity contribution >= 4 is 21.7 Å². The fourth-order valence-corrected chi connectivity index (χ4v) is 6.71. The number of nitrogens with zero attached hydrogens (tertiary/aromatic N) is 3. The highest BCUT2D eigenvalue weighted by molar-refractivity contribution is 7.89. The van der Waals surface area contributed by atoms with E-state index in [-0.39, 0.29) is 22.5 Å². The summed E-state index contributed by atoms with van der Waals surface area (Å²) in [5.74, 6) is 0.670. The van der Waals surface area contributed by atoms with E-state index in [1.165, 1.54) is 29.8 Å². The van der Waals surface area contributed by atoms with Crippen LogP contribution < -0.4 is 0 Å². The van der Waals surface area contributed by atoms with Crippen molar-refractivity contribution in [2.24, 2.45) is 11.8 Å². The number of hydrogen-bond donors (Lipinski definition) is 0. The topological polar surface area (TPSA) is 87.2 Å². The number of sulfonamides is 1. The lowest BCUT2D eigenvalue weighted by Crippen LogP contribution is -2.46. The minimum absolute atomic E-state index is 0.0931. The number of Topliss-reactive ketones (excluding diaryl/α,β-unsaturated/α-hetero) is 1. The fourth-order valence-electron chi connectivity index (χ4n) is 5.24. The van der Waals surface area contributed by atoms with E-state index in [2.05, 4.69) is 4.90 Å². The van der Waals surface area contributed by atoms with Crippen molar-refractivity contribution in [3.8, 4) is 0 Å². The number of likely N-dealkylation sites (tertiary alicyclic amines) is 1. The van der Waals surface area contributed by atoms with Crippen LogP contribution in [0.3, 0.4) is 0 Å². The third kappa shape index (κ3) is 6.05. The molecule has 0 bridgehead atoms. The Balaban J connectivity index is 1.22. The van der Waals surface area contributed by atoms with Crippen molar-refractivity contribution in [3.05, 3.63) is 29.8 Å². The van der Waals surface area contributed by atoms with Gasteiger partial charge in [-0.05, 0) is 63.6 Å². The van der Waals surface area contributed by atoms with Gasteiger partial charge in [-0.15, -0.1) is 0 Å². The lowest BCUT2D eigenvalue weighted by molar-refractivity contribution is -0.138. The lowest BCUT2D eigenvalue weighted by atomic mass is 9.91. The van der Waals surface area contributed by atoms with Gasteiger partial charge in [0.1, 0.15) is 0 Å². The molecule has 3 aliphatic heterocycles. The minimum Gasteiger partial charge on any atom is -0.379 e. The molecule has 3 fully saturated rings. The van der Waals surface area contributed by atoms with Gasteiger partial charge in [0.2, 0.25) is 15.9 Å². The van der Waals surface area contributed by atoms with Crippen LogP contribution in [0, 0.1) is 11.8 Å². The second-order valence-electron chi connectivity index (χ2n) is 9.77. The first kappa shape index (κ1) is 25.3. The van der Waals surface area contributed by atoms with Crippen molar-refractivity contribution in [2.45, 2.75) is 43.9 Å². The molecule has 0 radical (unpaired) electrons. The number of piperidine rings is 2. The molecule has 1 aromatic rings. The summed E-state index contributed by atoms with van der Waals surface area (Å²) in [6, 6.07) is 6.09. The summed E-state index contributed by atoms with van der Waals surface area (Å²) in [5, 5.41) is 0. The van der Waals surface area contributed by atoms with E-state index < -0.39 is 10.0 Å². The molecule has 188 valence electrons. The van der Waals surface area contributed by atoms with Crippen molar-refractivity contribution in [3.63, 3.8) is 0 Å². The maximum Gasteiger partial charge on any atom is 0.243 e. The van der Waals surface area contributed by atoms with Gasteiger partial charge in [-0.1, -0.05) is 12.1 Å². The first-order valence-electron chi connectivity index (χ1n) is 12.5. The maximum atomic E-state index is 13.1. The molecule has 0 unspecified atom stereocenters. The number of rotatable bonds is 7. The first-order chi connectivity index (χ1) is 16.3. The number of amides is 1. The average Bonchev–Trinajstić information content (AvgIpc) is 2.88. The van der Waals surface area contributed by atoms with E-state index in [0.717, 1.165) is 58.8 Å². The van der Waals surface area contributed by atoms with E-state index in [0.29, 0.717) is 37.4 Å². The normalized spacial score (nSPS) is 22.1. The fraction of sp³-hybridized carbons (Fsp3) is 0.680. The Kier molecular flexibility index (Phi) is 8.39. The van der Waals surface area contributed by atoms with Gasteiger partial charge < -0.3 is 9.64 Å². The Bertz CT molecular complexity index is 943. The highest BCUT2D eigenvalue weighted by Crippen LogP contribution is 2.28. The highest BCUT2D eigenvalue weighted by atomic mass is 32.2. The molecule has 0 aliphatic carbocycles. The van der Waals surface area contributed by atoms with Crippen LogP contribution in [0.2, 0.25) is 0 Å². The molecule has 34 heavy (non-hydrogen) atoms. The van der Waals surface area contributed by atoms with Gasteiger partial charge in [0, 0.05) is 50.7 Å². The number of benzene rings is 1. The number of ketones is 1. The van der Waals surface area contributed by atoms with Crippen molar-refractivity contribution in [1.82, 2.24) is 14.1 Å². The van der Waals surface area contributed by atoms with Gasteiger partial charge >= 0.3 is 0 Å². The van der Waals surface area contributed by atoms with Crippen LogP contribution in [0.1, 0.15) is 49.4 Å². The number of ether oxygens (including phenoxy) is 1. The molecule has 0 aromatic heterocycles. The zero-order chi connectivity index (χ0) is 24.1. The minimum atomic E-state index is -3.62. The molecular formula is C25H37N3O5S. The molecule has 3 aliphatic rings. The van der Waals surface area contributed by atoms with Crippen molar-refractivity contribution in [1.29, 1.82) is 0 Å². The molecule has 0 atom stereocenters. The second-order valence-corrected chi connectivity index (χ2v) is 11.7. The molecule has 1 amide bonds. The first-order valence-corrected chi connectivity index (χ1v) is 14.0. The van der Waals surface area contributed by atoms with E-state index >= 15 is 0 Å². The molecule has 3 saturated heterocycles. The van der Waals surface area contributed by atoms with E-state index in [1.54, 1.807) is 12.1 Å². The Labute approximate surface area is 203 Å². The quantitative estimate of drug-likeness (QED) is 0.544. The number of carbonyl (C=O) groups excluding carboxylic acids is 2. The van der Waals surface area contributed by atoms with Crippen LogP contribution in [0.5, 0.6) is 0 Å². The summed E-state index contributed by atoms with van der Waals surface area (Å²) >= 11 is 0. The monoisotopic (exact) mass is 491 g/mol.